The molecule has 0 aromatic carbocycles. The molecule has 1 saturated heterocycles. The predicted octanol–water partition coefficient (Wildman–Crippen LogP) is 1.56. The summed E-state index contributed by atoms with van der Waals surface area (Å²) < 4.78 is 8.93. The van der Waals surface area contributed by atoms with Crippen LogP contribution in [-0.2, 0) is 18.3 Å². The zero-order valence-electron chi connectivity index (χ0n) is 18.3. The fourth-order valence-corrected chi connectivity index (χ4v) is 4.36. The summed E-state index contributed by atoms with van der Waals surface area (Å²) in [6, 6.07) is 1.76. The smallest absolute Gasteiger partial charge is 0.269 e. The largest absolute Gasteiger partial charge is 0.383 e. The van der Waals surface area contributed by atoms with Gasteiger partial charge in [-0.15, -0.1) is 10.2 Å². The Morgan fingerprint density at radius 3 is 2.77 bits per heavy atom. The highest BCUT2D eigenvalue weighted by Gasteiger charge is 2.27. The normalized spacial score (nSPS) is 20.3. The van der Waals surface area contributed by atoms with Crippen LogP contribution in [0.5, 0.6) is 0 Å². The van der Waals surface area contributed by atoms with Crippen LogP contribution in [0.3, 0.4) is 0 Å². The van der Waals surface area contributed by atoms with E-state index in [1.807, 2.05) is 11.9 Å². The van der Waals surface area contributed by atoms with Crippen molar-refractivity contribution in [3.05, 3.63) is 34.3 Å². The van der Waals surface area contributed by atoms with Gasteiger partial charge in [-0.1, -0.05) is 6.42 Å². The first-order chi connectivity index (χ1) is 14.6. The lowest BCUT2D eigenvalue weighted by Gasteiger charge is -2.32. The van der Waals surface area contributed by atoms with E-state index in [0.717, 1.165) is 56.4 Å². The van der Waals surface area contributed by atoms with Gasteiger partial charge >= 0.3 is 0 Å². The molecule has 0 amide bonds. The summed E-state index contributed by atoms with van der Waals surface area (Å²) >= 11 is 0. The molecule has 1 unspecified atom stereocenters. The fourth-order valence-electron chi connectivity index (χ4n) is 4.36. The third-order valence-electron chi connectivity index (χ3n) is 6.54. The number of likely N-dealkylation sites (N-methyl/N-ethyl adjacent to an activating group) is 1. The molecule has 2 aromatic heterocycles. The van der Waals surface area contributed by atoms with Gasteiger partial charge in [-0.25, -0.2) is 4.68 Å². The van der Waals surface area contributed by atoms with Crippen LogP contribution >= 0.6 is 0 Å². The average Bonchev–Trinajstić information content (AvgIpc) is 3.05. The van der Waals surface area contributed by atoms with E-state index in [2.05, 4.69) is 31.8 Å². The van der Waals surface area contributed by atoms with Gasteiger partial charge in [0, 0.05) is 46.3 Å². The van der Waals surface area contributed by atoms with Crippen LogP contribution in [0, 0.1) is 0 Å². The summed E-state index contributed by atoms with van der Waals surface area (Å²) in [4.78, 5) is 17.1. The molecule has 2 aliphatic rings. The first-order valence-electron chi connectivity index (χ1n) is 11.0. The lowest BCUT2D eigenvalue weighted by molar-refractivity contribution is 0.155. The fraction of sp³-hybridized carbons (Fsp3) is 0.714. The maximum atomic E-state index is 12.8. The number of rotatable bonds is 8. The molecule has 1 saturated carbocycles. The lowest BCUT2D eigenvalue weighted by atomic mass is 9.85. The molecule has 0 radical (unpaired) electrons. The lowest BCUT2D eigenvalue weighted by Crippen LogP contribution is -2.40. The number of nitrogens with zero attached hydrogens (tertiary/aromatic N) is 7. The van der Waals surface area contributed by atoms with Gasteiger partial charge in [0.1, 0.15) is 11.6 Å². The van der Waals surface area contributed by atoms with Gasteiger partial charge in [0.25, 0.3) is 5.56 Å². The summed E-state index contributed by atoms with van der Waals surface area (Å²) in [6.07, 6.45) is 7.54. The molecule has 0 N–H and O–H groups in total. The zero-order chi connectivity index (χ0) is 21.1. The number of ether oxygens (including phenoxy) is 1. The van der Waals surface area contributed by atoms with Gasteiger partial charge in [-0.05, 0) is 32.2 Å². The second-order valence-electron chi connectivity index (χ2n) is 8.60. The first kappa shape index (κ1) is 21.0. The van der Waals surface area contributed by atoms with Gasteiger partial charge in [0.05, 0.1) is 31.1 Å². The predicted molar refractivity (Wildman–Crippen MR) is 115 cm³/mol. The minimum absolute atomic E-state index is 0.0467. The molecule has 1 aliphatic heterocycles. The van der Waals surface area contributed by atoms with E-state index in [-0.39, 0.29) is 11.6 Å². The Balaban J connectivity index is 1.41. The van der Waals surface area contributed by atoms with Crippen molar-refractivity contribution < 1.29 is 4.74 Å². The third-order valence-corrected chi connectivity index (χ3v) is 6.54. The van der Waals surface area contributed by atoms with Crippen molar-refractivity contribution in [1.29, 1.82) is 0 Å². The Morgan fingerprint density at radius 1 is 1.23 bits per heavy atom. The highest BCUT2D eigenvalue weighted by Crippen LogP contribution is 2.35. The Hall–Kier alpha value is -2.26. The highest BCUT2D eigenvalue weighted by atomic mass is 16.5. The first-order valence-corrected chi connectivity index (χ1v) is 11.0. The Labute approximate surface area is 177 Å². The van der Waals surface area contributed by atoms with Crippen molar-refractivity contribution in [3.63, 3.8) is 0 Å². The van der Waals surface area contributed by atoms with Crippen LogP contribution in [0.1, 0.15) is 55.7 Å². The Bertz CT molecular complexity index is 905. The number of anilines is 1. The van der Waals surface area contributed by atoms with Gasteiger partial charge in [-0.3, -0.25) is 9.69 Å². The van der Waals surface area contributed by atoms with Gasteiger partial charge in [0.15, 0.2) is 0 Å². The van der Waals surface area contributed by atoms with E-state index in [0.29, 0.717) is 12.5 Å². The van der Waals surface area contributed by atoms with Crippen molar-refractivity contribution >= 4 is 5.69 Å². The molecule has 0 spiro atoms. The van der Waals surface area contributed by atoms with E-state index in [9.17, 15) is 4.79 Å². The van der Waals surface area contributed by atoms with Crippen molar-refractivity contribution in [2.45, 2.75) is 50.6 Å². The molecule has 1 atom stereocenters. The van der Waals surface area contributed by atoms with E-state index in [1.54, 1.807) is 24.1 Å². The van der Waals surface area contributed by atoms with Crippen LogP contribution in [0.4, 0.5) is 5.69 Å². The minimum atomic E-state index is -0.0467. The number of likely N-dealkylation sites (tertiary alicyclic amines) is 1. The maximum absolute atomic E-state index is 12.8. The Morgan fingerprint density at radius 2 is 2.07 bits per heavy atom. The summed E-state index contributed by atoms with van der Waals surface area (Å²) in [5, 5.41) is 13.4. The number of aromatic nitrogens is 5. The maximum Gasteiger partial charge on any atom is 0.269 e. The highest BCUT2D eigenvalue weighted by molar-refractivity contribution is 5.41. The van der Waals surface area contributed by atoms with E-state index >= 15 is 0 Å². The topological polar surface area (TPSA) is 81.3 Å². The molecule has 3 heterocycles. The second kappa shape index (κ2) is 9.26. The van der Waals surface area contributed by atoms with E-state index in [1.165, 1.54) is 19.3 Å². The molecule has 1 aliphatic carbocycles. The summed E-state index contributed by atoms with van der Waals surface area (Å²) in [5.41, 5.74) is 0.776. The van der Waals surface area contributed by atoms with Gasteiger partial charge in [0.2, 0.25) is 0 Å². The molecule has 9 heteroatoms. The quantitative estimate of drug-likeness (QED) is 0.647. The molecular weight excluding hydrogens is 382 g/mol. The SMILES string of the molecule is COCCN(C)c1cnn(C2CCCN(Cc3nnc(C4CCC4)n3C)C2)c(=O)c1. The standard InChI is InChI=1S/C21H33N7O2/c1-25(10-11-30-3)18-12-20(29)28(22-13-18)17-8-5-9-27(14-17)15-19-23-24-21(26(19)2)16-6-4-7-16/h12-13,16-17H,4-11,14-15H2,1-3H3. The van der Waals surface area contributed by atoms with Crippen molar-refractivity contribution in [2.24, 2.45) is 7.05 Å². The number of piperidine rings is 1. The molecule has 0 bridgehead atoms. The molecule has 4 rings (SSSR count). The monoisotopic (exact) mass is 415 g/mol. The van der Waals surface area contributed by atoms with Crippen LogP contribution in [0.15, 0.2) is 17.1 Å². The van der Waals surface area contributed by atoms with Crippen molar-refractivity contribution in [3.8, 4) is 0 Å². The number of methoxy groups -OCH3 is 1. The molecule has 2 aromatic rings. The van der Waals surface area contributed by atoms with Crippen LogP contribution in [0.2, 0.25) is 0 Å². The summed E-state index contributed by atoms with van der Waals surface area (Å²) in [6.45, 7) is 3.91. The molecule has 9 nitrogen and oxygen atoms in total. The average molecular weight is 416 g/mol. The molecule has 164 valence electrons. The summed E-state index contributed by atoms with van der Waals surface area (Å²) in [7, 11) is 5.70. The third kappa shape index (κ3) is 4.41. The van der Waals surface area contributed by atoms with E-state index in [4.69, 9.17) is 4.74 Å². The number of hydrogen-bond donors (Lipinski definition) is 0. The molecule has 30 heavy (non-hydrogen) atoms. The van der Waals surface area contributed by atoms with Crippen molar-refractivity contribution in [2.75, 3.05) is 45.3 Å². The molecule has 2 fully saturated rings. The Kier molecular flexibility index (Phi) is 6.48. The van der Waals surface area contributed by atoms with E-state index < -0.39 is 0 Å². The zero-order valence-corrected chi connectivity index (χ0v) is 18.3. The second-order valence-corrected chi connectivity index (χ2v) is 8.60. The van der Waals surface area contributed by atoms with Crippen LogP contribution in [-0.4, -0.2) is 69.8 Å². The molecular formula is C21H33N7O2. The van der Waals surface area contributed by atoms with Crippen LogP contribution < -0.4 is 10.5 Å². The van der Waals surface area contributed by atoms with Gasteiger partial charge in [-0.2, -0.15) is 5.10 Å². The van der Waals surface area contributed by atoms with Crippen molar-refractivity contribution in [1.82, 2.24) is 29.4 Å². The minimum Gasteiger partial charge on any atom is -0.383 e. The number of hydrogen-bond acceptors (Lipinski definition) is 7. The van der Waals surface area contributed by atoms with Gasteiger partial charge < -0.3 is 14.2 Å². The summed E-state index contributed by atoms with van der Waals surface area (Å²) in [5.74, 6) is 2.71. The van der Waals surface area contributed by atoms with Crippen LogP contribution in [0.25, 0.3) is 0 Å².